The van der Waals surface area contributed by atoms with Gasteiger partial charge in [-0.05, 0) is 67.4 Å². The number of carbonyl (C=O) groups is 5. The van der Waals surface area contributed by atoms with E-state index in [1.54, 1.807) is 66.7 Å². The molecule has 3 aliphatic rings. The van der Waals surface area contributed by atoms with Gasteiger partial charge in [-0.3, -0.25) is 33.8 Å². The minimum Gasteiger partial charge on any atom is -0.457 e. The largest absolute Gasteiger partial charge is 0.457 e. The van der Waals surface area contributed by atoms with Gasteiger partial charge in [-0.1, -0.05) is 12.1 Å². The summed E-state index contributed by atoms with van der Waals surface area (Å²) in [6.45, 7) is 0.863. The Hall–Kier alpha value is -4.83. The van der Waals surface area contributed by atoms with Gasteiger partial charge >= 0.3 is 0 Å². The average Bonchev–Trinajstić information content (AvgIpc) is 3.63. The Balaban J connectivity index is 1.04. The van der Waals surface area contributed by atoms with Crippen LogP contribution in [0.5, 0.6) is 11.5 Å². The number of rotatable bonds is 8. The van der Waals surface area contributed by atoms with Gasteiger partial charge in [0, 0.05) is 25.3 Å². The molecule has 0 spiro atoms. The summed E-state index contributed by atoms with van der Waals surface area (Å²) in [4.78, 5) is 65.3. The molecule has 3 aromatic rings. The molecule has 0 bridgehead atoms. The number of ether oxygens (including phenoxy) is 2. The topological polar surface area (TPSA) is 122 Å². The number of amides is 5. The zero-order valence-corrected chi connectivity index (χ0v) is 21.4. The Kier molecular flexibility index (Phi) is 6.61. The lowest BCUT2D eigenvalue weighted by Crippen LogP contribution is -2.36. The van der Waals surface area contributed by atoms with E-state index in [2.05, 4.69) is 5.32 Å². The molecular formula is C30H25N3O7. The summed E-state index contributed by atoms with van der Waals surface area (Å²) in [5.74, 6) is -0.968. The van der Waals surface area contributed by atoms with Crippen LogP contribution in [-0.4, -0.2) is 65.1 Å². The summed E-state index contributed by atoms with van der Waals surface area (Å²) < 4.78 is 11.5. The molecule has 10 nitrogen and oxygen atoms in total. The first kappa shape index (κ1) is 25.4. The lowest BCUT2D eigenvalue weighted by molar-refractivity contribution is -0.116. The lowest BCUT2D eigenvalue weighted by atomic mass is 10.1. The van der Waals surface area contributed by atoms with Gasteiger partial charge in [0.25, 0.3) is 23.6 Å². The SMILES string of the molecule is O=C(CCN1C(=O)c2ccccc2C1=O)Nc1ccc(Oc2ccc3c(c2)C(=O)N(CC2CCCO2)C3=O)cc1. The van der Waals surface area contributed by atoms with Gasteiger partial charge in [-0.15, -0.1) is 0 Å². The highest BCUT2D eigenvalue weighted by atomic mass is 16.5. The average molecular weight is 540 g/mol. The van der Waals surface area contributed by atoms with Crippen LogP contribution in [0.2, 0.25) is 0 Å². The maximum atomic E-state index is 12.9. The Morgan fingerprint density at radius 2 is 1.43 bits per heavy atom. The third-order valence-corrected chi connectivity index (χ3v) is 7.17. The zero-order chi connectivity index (χ0) is 27.8. The van der Waals surface area contributed by atoms with Crippen LogP contribution in [0.1, 0.15) is 60.7 Å². The van der Waals surface area contributed by atoms with Crippen molar-refractivity contribution in [1.82, 2.24) is 9.80 Å². The van der Waals surface area contributed by atoms with Crippen LogP contribution in [0.15, 0.2) is 66.7 Å². The quantitative estimate of drug-likeness (QED) is 0.431. The monoisotopic (exact) mass is 539 g/mol. The highest BCUT2D eigenvalue weighted by Crippen LogP contribution is 2.31. The fourth-order valence-corrected chi connectivity index (χ4v) is 5.11. The van der Waals surface area contributed by atoms with E-state index in [-0.39, 0.29) is 43.3 Å². The first-order valence-electron chi connectivity index (χ1n) is 13.0. The molecule has 1 N–H and O–H groups in total. The number of imide groups is 2. The summed E-state index contributed by atoms with van der Waals surface area (Å²) in [6.07, 6.45) is 1.57. The first-order valence-corrected chi connectivity index (χ1v) is 13.0. The van der Waals surface area contributed by atoms with Gasteiger partial charge in [-0.25, -0.2) is 0 Å². The molecule has 1 atom stereocenters. The van der Waals surface area contributed by atoms with Crippen molar-refractivity contribution >= 4 is 35.2 Å². The molecule has 10 heteroatoms. The molecule has 40 heavy (non-hydrogen) atoms. The second-order valence-corrected chi connectivity index (χ2v) is 9.80. The minimum absolute atomic E-state index is 0.0238. The number of nitrogens with one attached hydrogen (secondary N) is 1. The number of carbonyl (C=O) groups excluding carboxylic acids is 5. The molecule has 202 valence electrons. The highest BCUT2D eigenvalue weighted by Gasteiger charge is 2.38. The minimum atomic E-state index is -0.400. The van der Waals surface area contributed by atoms with Gasteiger partial charge in [0.1, 0.15) is 11.5 Å². The molecule has 1 fully saturated rings. The van der Waals surface area contributed by atoms with Crippen molar-refractivity contribution in [3.8, 4) is 11.5 Å². The maximum Gasteiger partial charge on any atom is 0.261 e. The summed E-state index contributed by atoms with van der Waals surface area (Å²) in [5, 5.41) is 2.75. The first-order chi connectivity index (χ1) is 19.4. The standard InChI is InChI=1S/C30H25N3O7/c34-26(13-14-32-27(35)22-5-1-2-6-23(22)28(32)36)31-18-7-9-19(10-8-18)40-20-11-12-24-25(16-20)30(38)33(29(24)37)17-21-4-3-15-39-21/h1-2,5-12,16,21H,3-4,13-15,17H2,(H,31,34). The zero-order valence-electron chi connectivity index (χ0n) is 21.4. The third-order valence-electron chi connectivity index (χ3n) is 7.17. The fourth-order valence-electron chi connectivity index (χ4n) is 5.11. The molecule has 3 aliphatic heterocycles. The van der Waals surface area contributed by atoms with E-state index in [1.807, 2.05) is 0 Å². The van der Waals surface area contributed by atoms with Crippen LogP contribution < -0.4 is 10.1 Å². The Labute approximate surface area is 229 Å². The molecule has 1 saturated heterocycles. The molecule has 5 amide bonds. The smallest absolute Gasteiger partial charge is 0.261 e. The lowest BCUT2D eigenvalue weighted by Gasteiger charge is -2.17. The van der Waals surface area contributed by atoms with E-state index in [0.717, 1.165) is 17.7 Å². The Bertz CT molecular complexity index is 1510. The third kappa shape index (κ3) is 4.73. The molecule has 3 aromatic carbocycles. The van der Waals surface area contributed by atoms with E-state index in [0.29, 0.717) is 46.0 Å². The van der Waals surface area contributed by atoms with Gasteiger partial charge in [0.05, 0.1) is 34.9 Å². The van der Waals surface area contributed by atoms with Crippen LogP contribution in [0.25, 0.3) is 0 Å². The summed E-state index contributed by atoms with van der Waals surface area (Å²) >= 11 is 0. The predicted octanol–water partition coefficient (Wildman–Crippen LogP) is 3.88. The predicted molar refractivity (Wildman–Crippen MR) is 142 cm³/mol. The molecule has 1 unspecified atom stereocenters. The van der Waals surface area contributed by atoms with Crippen LogP contribution in [0.4, 0.5) is 5.69 Å². The molecule has 6 rings (SSSR count). The number of hydrogen-bond donors (Lipinski definition) is 1. The number of benzene rings is 3. The van der Waals surface area contributed by atoms with E-state index >= 15 is 0 Å². The van der Waals surface area contributed by atoms with E-state index in [4.69, 9.17) is 9.47 Å². The molecule has 0 radical (unpaired) electrons. The fraction of sp³-hybridized carbons (Fsp3) is 0.233. The summed E-state index contributed by atoms with van der Waals surface area (Å²) in [7, 11) is 0. The summed E-state index contributed by atoms with van der Waals surface area (Å²) in [6, 6.07) is 18.0. The van der Waals surface area contributed by atoms with Crippen molar-refractivity contribution in [2.75, 3.05) is 25.0 Å². The van der Waals surface area contributed by atoms with Crippen LogP contribution in [-0.2, 0) is 9.53 Å². The maximum absolute atomic E-state index is 12.9. The molecule has 0 aliphatic carbocycles. The van der Waals surface area contributed by atoms with E-state index < -0.39 is 11.8 Å². The van der Waals surface area contributed by atoms with Crippen molar-refractivity contribution in [2.45, 2.75) is 25.4 Å². The van der Waals surface area contributed by atoms with Gasteiger partial charge < -0.3 is 14.8 Å². The molecule has 0 aromatic heterocycles. The second-order valence-electron chi connectivity index (χ2n) is 9.80. The van der Waals surface area contributed by atoms with E-state index in [1.165, 1.54) is 4.90 Å². The number of fused-ring (bicyclic) bond motifs is 2. The Morgan fingerprint density at radius 3 is 2.10 bits per heavy atom. The van der Waals surface area contributed by atoms with Crippen molar-refractivity contribution < 1.29 is 33.4 Å². The van der Waals surface area contributed by atoms with Crippen molar-refractivity contribution in [3.05, 3.63) is 89.0 Å². The second kappa shape index (κ2) is 10.4. The molecule has 3 heterocycles. The molecular weight excluding hydrogens is 514 g/mol. The number of hydrogen-bond acceptors (Lipinski definition) is 7. The summed E-state index contributed by atoms with van der Waals surface area (Å²) in [5.41, 5.74) is 1.84. The van der Waals surface area contributed by atoms with Crippen molar-refractivity contribution in [1.29, 1.82) is 0 Å². The van der Waals surface area contributed by atoms with Crippen LogP contribution >= 0.6 is 0 Å². The normalized spacial score (nSPS) is 17.9. The van der Waals surface area contributed by atoms with Crippen LogP contribution in [0, 0.1) is 0 Å². The van der Waals surface area contributed by atoms with Gasteiger partial charge in [-0.2, -0.15) is 0 Å². The Morgan fingerprint density at radius 1 is 0.800 bits per heavy atom. The van der Waals surface area contributed by atoms with E-state index in [9.17, 15) is 24.0 Å². The number of nitrogens with zero attached hydrogens (tertiary/aromatic N) is 2. The van der Waals surface area contributed by atoms with Crippen LogP contribution in [0.3, 0.4) is 0 Å². The molecule has 0 saturated carbocycles. The van der Waals surface area contributed by atoms with Crippen molar-refractivity contribution in [3.63, 3.8) is 0 Å². The van der Waals surface area contributed by atoms with Gasteiger partial charge in [0.2, 0.25) is 5.91 Å². The van der Waals surface area contributed by atoms with Gasteiger partial charge in [0.15, 0.2) is 0 Å². The number of anilines is 1. The highest BCUT2D eigenvalue weighted by molar-refractivity contribution is 6.22. The van der Waals surface area contributed by atoms with Crippen molar-refractivity contribution in [2.24, 2.45) is 0 Å².